The molecule has 2 aromatic rings. The van der Waals surface area contributed by atoms with Gasteiger partial charge in [-0.25, -0.2) is 0 Å². The second kappa shape index (κ2) is 4.11. The van der Waals surface area contributed by atoms with Crippen LogP contribution in [0.15, 0.2) is 24.7 Å². The Hall–Kier alpha value is -1.55. The summed E-state index contributed by atoms with van der Waals surface area (Å²) in [4.78, 5) is 17.4. The number of rotatable bonds is 2. The van der Waals surface area contributed by atoms with E-state index in [9.17, 15) is 4.79 Å². The van der Waals surface area contributed by atoms with Crippen LogP contribution in [0.2, 0.25) is 0 Å². The Bertz CT molecular complexity index is 453. The molecule has 0 amide bonds. The molecule has 2 aromatic heterocycles. The van der Waals surface area contributed by atoms with Gasteiger partial charge in [0.2, 0.25) is 0 Å². The van der Waals surface area contributed by atoms with E-state index in [1.807, 2.05) is 6.07 Å². The highest BCUT2D eigenvalue weighted by molar-refractivity contribution is 5.86. The Kier molecular flexibility index (Phi) is 3.09. The third-order valence-corrected chi connectivity index (χ3v) is 1.91. The molecule has 0 saturated heterocycles. The largest absolute Gasteiger partial charge is 0.481 e. The molecule has 74 valence electrons. The first-order valence-corrected chi connectivity index (χ1v) is 3.89. The predicted octanol–water partition coefficient (Wildman–Crippen LogP) is 1.61. The summed E-state index contributed by atoms with van der Waals surface area (Å²) in [5.74, 6) is -0.822. The van der Waals surface area contributed by atoms with E-state index >= 15 is 0 Å². The molecule has 2 N–H and O–H groups in total. The van der Waals surface area contributed by atoms with E-state index in [2.05, 4.69) is 9.97 Å². The van der Waals surface area contributed by atoms with Crippen LogP contribution in [0.1, 0.15) is 5.56 Å². The first-order valence-electron chi connectivity index (χ1n) is 3.89. The molecule has 5 heteroatoms. The smallest absolute Gasteiger partial charge is 0.307 e. The fraction of sp³-hybridized carbons (Fsp3) is 0.111. The van der Waals surface area contributed by atoms with Crippen LogP contribution in [0.5, 0.6) is 0 Å². The highest BCUT2D eigenvalue weighted by Gasteiger charge is 2.06. The molecule has 0 fully saturated rings. The summed E-state index contributed by atoms with van der Waals surface area (Å²) in [6.45, 7) is 0. The Morgan fingerprint density at radius 2 is 2.36 bits per heavy atom. The van der Waals surface area contributed by atoms with Crippen LogP contribution >= 0.6 is 12.4 Å². The molecule has 0 aliphatic heterocycles. The van der Waals surface area contributed by atoms with Gasteiger partial charge in [0.15, 0.2) is 0 Å². The molecule has 14 heavy (non-hydrogen) atoms. The maximum absolute atomic E-state index is 10.5. The number of carboxylic acids is 1. The Morgan fingerprint density at radius 1 is 1.57 bits per heavy atom. The van der Waals surface area contributed by atoms with Gasteiger partial charge in [-0.15, -0.1) is 12.4 Å². The van der Waals surface area contributed by atoms with Gasteiger partial charge >= 0.3 is 5.97 Å². The van der Waals surface area contributed by atoms with Crippen LogP contribution in [0, 0.1) is 0 Å². The van der Waals surface area contributed by atoms with Crippen molar-refractivity contribution in [2.24, 2.45) is 0 Å². The summed E-state index contributed by atoms with van der Waals surface area (Å²) < 4.78 is 0. The minimum Gasteiger partial charge on any atom is -0.481 e. The number of aromatic amines is 1. The van der Waals surface area contributed by atoms with Gasteiger partial charge in [-0.05, 0) is 11.6 Å². The zero-order valence-electron chi connectivity index (χ0n) is 7.23. The number of nitrogens with one attached hydrogen (secondary N) is 1. The van der Waals surface area contributed by atoms with Crippen molar-refractivity contribution in [2.75, 3.05) is 0 Å². The number of nitrogens with zero attached hydrogens (tertiary/aromatic N) is 1. The highest BCUT2D eigenvalue weighted by atomic mass is 35.5. The Balaban J connectivity index is 0.000000980. The van der Waals surface area contributed by atoms with Crippen LogP contribution < -0.4 is 0 Å². The lowest BCUT2D eigenvalue weighted by Crippen LogP contribution is -1.98. The number of fused-ring (bicyclic) bond motifs is 1. The molecule has 0 unspecified atom stereocenters. The summed E-state index contributed by atoms with van der Waals surface area (Å²) in [7, 11) is 0. The number of hydrogen-bond donors (Lipinski definition) is 2. The molecular formula is C9H9ClN2O2. The van der Waals surface area contributed by atoms with Crippen LogP contribution in [0.3, 0.4) is 0 Å². The Labute approximate surface area is 86.4 Å². The number of pyridine rings is 1. The number of halogens is 1. The summed E-state index contributed by atoms with van der Waals surface area (Å²) in [6.07, 6.45) is 5.09. The van der Waals surface area contributed by atoms with Crippen molar-refractivity contribution in [3.8, 4) is 0 Å². The van der Waals surface area contributed by atoms with Crippen LogP contribution in [0.25, 0.3) is 10.9 Å². The zero-order chi connectivity index (χ0) is 9.26. The second-order valence-electron chi connectivity index (χ2n) is 2.81. The van der Waals surface area contributed by atoms with Gasteiger partial charge in [0.25, 0.3) is 0 Å². The van der Waals surface area contributed by atoms with E-state index in [4.69, 9.17) is 5.11 Å². The van der Waals surface area contributed by atoms with Gasteiger partial charge in [0.05, 0.1) is 18.1 Å². The molecule has 2 rings (SSSR count). The highest BCUT2D eigenvalue weighted by Crippen LogP contribution is 2.16. The number of aromatic nitrogens is 2. The van der Waals surface area contributed by atoms with E-state index in [0.29, 0.717) is 0 Å². The second-order valence-corrected chi connectivity index (χ2v) is 2.81. The summed E-state index contributed by atoms with van der Waals surface area (Å²) >= 11 is 0. The standard InChI is InChI=1S/C9H8N2O2.ClH/c12-9(13)3-6-4-11-8-5-10-2-1-7(6)8;/h1-2,4-5,11H,3H2,(H,12,13);1H. The number of aliphatic carboxylic acids is 1. The number of hydrogen-bond acceptors (Lipinski definition) is 2. The van der Waals surface area contributed by atoms with E-state index in [-0.39, 0.29) is 18.8 Å². The third-order valence-electron chi connectivity index (χ3n) is 1.91. The van der Waals surface area contributed by atoms with Crippen molar-refractivity contribution in [3.05, 3.63) is 30.2 Å². The molecule has 2 heterocycles. The fourth-order valence-corrected chi connectivity index (χ4v) is 1.34. The van der Waals surface area contributed by atoms with Crippen molar-refractivity contribution >= 4 is 29.3 Å². The SMILES string of the molecule is Cl.O=C(O)Cc1c[nH]c2cnccc12. The zero-order valence-corrected chi connectivity index (χ0v) is 8.04. The topological polar surface area (TPSA) is 66.0 Å². The van der Waals surface area contributed by atoms with Gasteiger partial charge in [0, 0.05) is 17.8 Å². The summed E-state index contributed by atoms with van der Waals surface area (Å²) in [5.41, 5.74) is 1.67. The lowest BCUT2D eigenvalue weighted by atomic mass is 10.1. The lowest BCUT2D eigenvalue weighted by molar-refractivity contribution is -0.136. The van der Waals surface area contributed by atoms with Crippen molar-refractivity contribution in [1.82, 2.24) is 9.97 Å². The molecule has 0 aromatic carbocycles. The summed E-state index contributed by atoms with van der Waals surface area (Å²) in [6, 6.07) is 1.81. The molecule has 0 saturated carbocycles. The molecule has 0 aliphatic rings. The van der Waals surface area contributed by atoms with E-state index in [0.717, 1.165) is 16.5 Å². The predicted molar refractivity (Wildman–Crippen MR) is 54.7 cm³/mol. The van der Waals surface area contributed by atoms with Crippen molar-refractivity contribution in [2.45, 2.75) is 6.42 Å². The normalized spacial score (nSPS) is 9.71. The minimum absolute atomic E-state index is 0. The van der Waals surface area contributed by atoms with Crippen molar-refractivity contribution in [1.29, 1.82) is 0 Å². The molecule has 0 atom stereocenters. The van der Waals surface area contributed by atoms with Crippen LogP contribution in [-0.4, -0.2) is 21.0 Å². The van der Waals surface area contributed by atoms with Gasteiger partial charge in [-0.1, -0.05) is 0 Å². The van der Waals surface area contributed by atoms with Crippen molar-refractivity contribution < 1.29 is 9.90 Å². The number of H-pyrrole nitrogens is 1. The lowest BCUT2D eigenvalue weighted by Gasteiger charge is -1.92. The van der Waals surface area contributed by atoms with E-state index in [1.54, 1.807) is 18.6 Å². The van der Waals surface area contributed by atoms with Crippen molar-refractivity contribution in [3.63, 3.8) is 0 Å². The average molecular weight is 213 g/mol. The monoisotopic (exact) mass is 212 g/mol. The average Bonchev–Trinajstić information content (AvgIpc) is 2.48. The molecule has 0 radical (unpaired) electrons. The summed E-state index contributed by atoms with van der Waals surface area (Å²) in [5, 5.41) is 9.54. The van der Waals surface area contributed by atoms with Gasteiger partial charge in [0.1, 0.15) is 0 Å². The fourth-order valence-electron chi connectivity index (χ4n) is 1.34. The molecule has 4 nitrogen and oxygen atoms in total. The first kappa shape index (κ1) is 10.5. The van der Waals surface area contributed by atoms with Crippen LogP contribution in [-0.2, 0) is 11.2 Å². The van der Waals surface area contributed by atoms with E-state index < -0.39 is 5.97 Å². The van der Waals surface area contributed by atoms with Gasteiger partial charge < -0.3 is 10.1 Å². The quantitative estimate of drug-likeness (QED) is 0.795. The molecule has 0 spiro atoms. The third kappa shape index (κ3) is 1.85. The minimum atomic E-state index is -0.822. The number of carboxylic acid groups (broad SMARTS) is 1. The molecular weight excluding hydrogens is 204 g/mol. The van der Waals surface area contributed by atoms with Crippen LogP contribution in [0.4, 0.5) is 0 Å². The first-order chi connectivity index (χ1) is 6.27. The van der Waals surface area contributed by atoms with Gasteiger partial charge in [-0.2, -0.15) is 0 Å². The maximum Gasteiger partial charge on any atom is 0.307 e. The number of carbonyl (C=O) groups is 1. The molecule has 0 aliphatic carbocycles. The Morgan fingerprint density at radius 3 is 3.07 bits per heavy atom. The van der Waals surface area contributed by atoms with Gasteiger partial charge in [-0.3, -0.25) is 9.78 Å². The molecule has 0 bridgehead atoms. The maximum atomic E-state index is 10.5. The van der Waals surface area contributed by atoms with E-state index in [1.165, 1.54) is 0 Å².